The number of ether oxygens (including phenoxy) is 5. The van der Waals surface area contributed by atoms with E-state index in [1.165, 1.54) is 0 Å². The maximum atomic E-state index is 12.6. The summed E-state index contributed by atoms with van der Waals surface area (Å²) >= 11 is 0. The van der Waals surface area contributed by atoms with Gasteiger partial charge in [-0.1, -0.05) is 133 Å². The lowest BCUT2D eigenvalue weighted by molar-refractivity contribution is -0.311. The van der Waals surface area contributed by atoms with Gasteiger partial charge in [-0.15, -0.1) is 0 Å². The first-order chi connectivity index (χ1) is 21.7. The van der Waals surface area contributed by atoms with Crippen molar-refractivity contribution in [3.05, 3.63) is 156 Å². The van der Waals surface area contributed by atoms with Crippen LogP contribution in [0.3, 0.4) is 0 Å². The average Bonchev–Trinajstić information content (AvgIpc) is 3.28. The molecule has 6 atom stereocenters. The lowest BCUT2D eigenvalue weighted by Crippen LogP contribution is -2.72. The van der Waals surface area contributed by atoms with Gasteiger partial charge in [-0.3, -0.25) is 0 Å². The maximum absolute atomic E-state index is 12.6. The van der Waals surface area contributed by atoms with Crippen LogP contribution in [0.1, 0.15) is 28.7 Å². The van der Waals surface area contributed by atoms with E-state index in [1.54, 1.807) is 0 Å². The molecule has 1 saturated carbocycles. The number of fused-ring (bicyclic) bond motifs is 1. The van der Waals surface area contributed by atoms with E-state index in [9.17, 15) is 5.11 Å². The van der Waals surface area contributed by atoms with Gasteiger partial charge in [-0.05, 0) is 28.7 Å². The third-order valence-electron chi connectivity index (χ3n) is 8.34. The molecule has 1 aliphatic carbocycles. The normalized spacial score (nSPS) is 26.5. The lowest BCUT2D eigenvalue weighted by Gasteiger charge is -2.53. The van der Waals surface area contributed by atoms with E-state index in [-0.39, 0.29) is 0 Å². The van der Waals surface area contributed by atoms with Crippen molar-refractivity contribution >= 4 is 0 Å². The standard InChI is InChI=1S/C38H40O6/c39-38-23-13-14-24-40-36(38)34(42-26-30-17-7-2-8-18-30)33(41-25-29-15-5-1-6-16-29)35(43-27-31-19-9-3-10-20-31)37(38)44-28-32-21-11-4-12-22-32/h1-22,33-37,39H,23-28H2/t33-,34?,35+,36+,37?,38+/m0/s1. The van der Waals surface area contributed by atoms with Gasteiger partial charge >= 0.3 is 0 Å². The Hall–Kier alpha value is -3.62. The molecule has 1 N–H and O–H groups in total. The minimum absolute atomic E-state index is 0.302. The van der Waals surface area contributed by atoms with Crippen LogP contribution in [0.5, 0.6) is 0 Å². The first-order valence-electron chi connectivity index (χ1n) is 15.3. The van der Waals surface area contributed by atoms with E-state index in [4.69, 9.17) is 23.7 Å². The first kappa shape index (κ1) is 30.4. The number of rotatable bonds is 12. The second-order valence-corrected chi connectivity index (χ2v) is 11.4. The van der Waals surface area contributed by atoms with E-state index in [2.05, 4.69) is 0 Å². The van der Waals surface area contributed by atoms with Gasteiger partial charge in [0, 0.05) is 0 Å². The molecule has 0 spiro atoms. The molecule has 228 valence electrons. The molecule has 1 fully saturated rings. The summed E-state index contributed by atoms with van der Waals surface area (Å²) in [4.78, 5) is 0. The molecule has 6 nitrogen and oxygen atoms in total. The lowest BCUT2D eigenvalue weighted by atomic mass is 9.72. The highest BCUT2D eigenvalue weighted by atomic mass is 16.6. The first-order valence-corrected chi connectivity index (χ1v) is 15.3. The molecule has 4 aromatic carbocycles. The van der Waals surface area contributed by atoms with Gasteiger partial charge < -0.3 is 28.8 Å². The Bertz CT molecular complexity index is 1430. The Kier molecular flexibility index (Phi) is 10.3. The SMILES string of the molecule is O[C@]12CC=CCO[C@@H]1C(OCc1ccccc1)[C@H](OCc1ccccc1)[C@@H](OCc1ccccc1)C2OCc1ccccc1. The summed E-state index contributed by atoms with van der Waals surface area (Å²) in [7, 11) is 0. The van der Waals surface area contributed by atoms with Crippen molar-refractivity contribution in [2.75, 3.05) is 6.61 Å². The van der Waals surface area contributed by atoms with Crippen molar-refractivity contribution < 1.29 is 28.8 Å². The fourth-order valence-electron chi connectivity index (χ4n) is 6.09. The Morgan fingerprint density at radius 2 is 0.932 bits per heavy atom. The van der Waals surface area contributed by atoms with Crippen molar-refractivity contribution in [2.45, 2.75) is 69.0 Å². The summed E-state index contributed by atoms with van der Waals surface area (Å²) in [6.45, 7) is 1.66. The summed E-state index contributed by atoms with van der Waals surface area (Å²) in [6, 6.07) is 40.1. The van der Waals surface area contributed by atoms with Crippen LogP contribution in [0.15, 0.2) is 133 Å². The van der Waals surface area contributed by atoms with Crippen LogP contribution in [-0.2, 0) is 50.1 Å². The van der Waals surface area contributed by atoms with Gasteiger partial charge in [-0.25, -0.2) is 0 Å². The molecular weight excluding hydrogens is 552 g/mol. The van der Waals surface area contributed by atoms with Crippen LogP contribution in [-0.4, -0.2) is 47.8 Å². The van der Waals surface area contributed by atoms with E-state index in [0.29, 0.717) is 39.5 Å². The van der Waals surface area contributed by atoms with Gasteiger partial charge in [0.05, 0.1) is 33.0 Å². The van der Waals surface area contributed by atoms with E-state index < -0.39 is 36.1 Å². The Morgan fingerprint density at radius 1 is 0.523 bits per heavy atom. The molecule has 2 unspecified atom stereocenters. The molecule has 4 aromatic rings. The molecule has 0 bridgehead atoms. The number of benzene rings is 4. The zero-order chi connectivity index (χ0) is 30.0. The zero-order valence-corrected chi connectivity index (χ0v) is 24.8. The van der Waals surface area contributed by atoms with Crippen molar-refractivity contribution in [1.29, 1.82) is 0 Å². The predicted octanol–water partition coefficient (Wildman–Crippen LogP) is 6.42. The van der Waals surface area contributed by atoms with E-state index in [0.717, 1.165) is 22.3 Å². The summed E-state index contributed by atoms with van der Waals surface area (Å²) < 4.78 is 33.2. The minimum atomic E-state index is -1.43. The molecular formula is C38H40O6. The Balaban J connectivity index is 1.37. The van der Waals surface area contributed by atoms with Crippen LogP contribution in [0.4, 0.5) is 0 Å². The third-order valence-corrected chi connectivity index (χ3v) is 8.34. The van der Waals surface area contributed by atoms with Gasteiger partial charge in [-0.2, -0.15) is 0 Å². The summed E-state index contributed by atoms with van der Waals surface area (Å²) in [5.74, 6) is 0. The van der Waals surface area contributed by atoms with Gasteiger partial charge in [0.15, 0.2) is 0 Å². The number of aliphatic hydroxyl groups is 1. The Morgan fingerprint density at radius 3 is 1.41 bits per heavy atom. The van der Waals surface area contributed by atoms with Gasteiger partial charge in [0.1, 0.15) is 36.1 Å². The molecule has 1 heterocycles. The maximum Gasteiger partial charge on any atom is 0.125 e. The van der Waals surface area contributed by atoms with Crippen LogP contribution in [0, 0.1) is 0 Å². The smallest absolute Gasteiger partial charge is 0.125 e. The van der Waals surface area contributed by atoms with Crippen molar-refractivity contribution in [2.24, 2.45) is 0 Å². The molecule has 6 heteroatoms. The van der Waals surface area contributed by atoms with E-state index >= 15 is 0 Å². The van der Waals surface area contributed by atoms with Crippen LogP contribution >= 0.6 is 0 Å². The molecule has 0 radical (unpaired) electrons. The largest absolute Gasteiger partial charge is 0.384 e. The molecule has 1 aliphatic heterocycles. The second-order valence-electron chi connectivity index (χ2n) is 11.4. The predicted molar refractivity (Wildman–Crippen MR) is 169 cm³/mol. The molecule has 6 rings (SSSR count). The highest BCUT2D eigenvalue weighted by molar-refractivity contribution is 5.20. The summed E-state index contributed by atoms with van der Waals surface area (Å²) in [6.07, 6.45) is 0.841. The third kappa shape index (κ3) is 7.36. The van der Waals surface area contributed by atoms with Gasteiger partial charge in [0.2, 0.25) is 0 Å². The van der Waals surface area contributed by atoms with Crippen molar-refractivity contribution in [3.63, 3.8) is 0 Å². The minimum Gasteiger partial charge on any atom is -0.384 e. The van der Waals surface area contributed by atoms with Crippen molar-refractivity contribution in [1.82, 2.24) is 0 Å². The highest BCUT2D eigenvalue weighted by Crippen LogP contribution is 2.42. The summed E-state index contributed by atoms with van der Waals surface area (Å²) in [5, 5.41) is 12.6. The fraction of sp³-hybridized carbons (Fsp3) is 0.316. The molecule has 44 heavy (non-hydrogen) atoms. The zero-order valence-electron chi connectivity index (χ0n) is 24.8. The van der Waals surface area contributed by atoms with Crippen LogP contribution in [0.2, 0.25) is 0 Å². The Labute approximate surface area is 259 Å². The molecule has 0 amide bonds. The van der Waals surface area contributed by atoms with Crippen LogP contribution < -0.4 is 0 Å². The van der Waals surface area contributed by atoms with Gasteiger partial charge in [0.25, 0.3) is 0 Å². The fourth-order valence-corrected chi connectivity index (χ4v) is 6.09. The molecule has 2 aliphatic rings. The number of hydrogen-bond acceptors (Lipinski definition) is 6. The average molecular weight is 593 g/mol. The monoisotopic (exact) mass is 592 g/mol. The molecule has 0 aromatic heterocycles. The molecule has 0 saturated heterocycles. The van der Waals surface area contributed by atoms with E-state index in [1.807, 2.05) is 133 Å². The second kappa shape index (κ2) is 14.9. The van der Waals surface area contributed by atoms with Crippen molar-refractivity contribution in [3.8, 4) is 0 Å². The number of hydrogen-bond donors (Lipinski definition) is 1. The topological polar surface area (TPSA) is 66.4 Å². The quantitative estimate of drug-likeness (QED) is 0.192. The summed E-state index contributed by atoms with van der Waals surface area (Å²) in [5.41, 5.74) is 2.64. The highest BCUT2D eigenvalue weighted by Gasteiger charge is 2.62. The van der Waals surface area contributed by atoms with Crippen LogP contribution in [0.25, 0.3) is 0 Å².